The molecule has 0 spiro atoms. The van der Waals surface area contributed by atoms with Crippen molar-refractivity contribution in [3.63, 3.8) is 0 Å². The first-order valence-electron chi connectivity index (χ1n) is 8.81. The van der Waals surface area contributed by atoms with E-state index in [1.165, 1.54) is 0 Å². The summed E-state index contributed by atoms with van der Waals surface area (Å²) in [5.74, 6) is 0.0433. The van der Waals surface area contributed by atoms with E-state index in [0.29, 0.717) is 25.4 Å². The summed E-state index contributed by atoms with van der Waals surface area (Å²) in [5, 5.41) is 5.47. The number of hydrogen-bond acceptors (Lipinski definition) is 4. The van der Waals surface area contributed by atoms with Gasteiger partial charge in [-0.1, -0.05) is 27.7 Å². The van der Waals surface area contributed by atoms with E-state index >= 15 is 0 Å². The number of nitrogens with two attached hydrogens (primary N) is 1. The summed E-state index contributed by atoms with van der Waals surface area (Å²) in [5.41, 5.74) is 5.73. The quantitative estimate of drug-likeness (QED) is 0.617. The molecule has 7 heteroatoms. The van der Waals surface area contributed by atoms with Crippen LogP contribution in [0.1, 0.15) is 47.0 Å². The fourth-order valence-electron chi connectivity index (χ4n) is 2.62. The van der Waals surface area contributed by atoms with Crippen LogP contribution in [0.15, 0.2) is 0 Å². The van der Waals surface area contributed by atoms with Crippen molar-refractivity contribution < 1.29 is 14.4 Å². The smallest absolute Gasteiger partial charge is 0.239 e. The van der Waals surface area contributed by atoms with Gasteiger partial charge in [0.2, 0.25) is 17.7 Å². The number of likely N-dealkylation sites (tertiary alicyclic amines) is 1. The van der Waals surface area contributed by atoms with Gasteiger partial charge >= 0.3 is 0 Å². The van der Waals surface area contributed by atoms with Crippen molar-refractivity contribution in [1.29, 1.82) is 0 Å². The number of amides is 3. The Morgan fingerprint density at radius 2 is 1.71 bits per heavy atom. The molecular formula is C17H32N4O3. The van der Waals surface area contributed by atoms with Gasteiger partial charge in [0.15, 0.2) is 0 Å². The first-order valence-corrected chi connectivity index (χ1v) is 8.81. The van der Waals surface area contributed by atoms with E-state index in [1.54, 1.807) is 0 Å². The lowest BCUT2D eigenvalue weighted by molar-refractivity contribution is -0.133. The zero-order chi connectivity index (χ0) is 18.3. The second-order valence-corrected chi connectivity index (χ2v) is 7.31. The van der Waals surface area contributed by atoms with Gasteiger partial charge in [-0.3, -0.25) is 14.4 Å². The third kappa shape index (κ3) is 6.86. The summed E-state index contributed by atoms with van der Waals surface area (Å²) in [4.78, 5) is 37.5. The Bertz CT molecular complexity index is 443. The van der Waals surface area contributed by atoms with Gasteiger partial charge in [0.05, 0.1) is 12.6 Å². The lowest BCUT2D eigenvalue weighted by Gasteiger charge is -2.33. The van der Waals surface area contributed by atoms with Crippen LogP contribution in [0.4, 0.5) is 0 Å². The van der Waals surface area contributed by atoms with Gasteiger partial charge in [-0.2, -0.15) is 0 Å². The van der Waals surface area contributed by atoms with Crippen molar-refractivity contribution in [3.05, 3.63) is 0 Å². The number of nitrogens with one attached hydrogen (secondary N) is 2. The lowest BCUT2D eigenvalue weighted by atomic mass is 10.0. The number of carbonyl (C=O) groups excluding carboxylic acids is 3. The van der Waals surface area contributed by atoms with Crippen LogP contribution in [-0.2, 0) is 14.4 Å². The van der Waals surface area contributed by atoms with E-state index in [4.69, 9.17) is 5.73 Å². The van der Waals surface area contributed by atoms with Gasteiger partial charge in [0.1, 0.15) is 0 Å². The normalized spacial score (nSPS) is 17.0. The molecule has 0 aromatic rings. The van der Waals surface area contributed by atoms with Crippen LogP contribution in [0.5, 0.6) is 0 Å². The summed E-state index contributed by atoms with van der Waals surface area (Å²) in [6.45, 7) is 9.06. The first kappa shape index (κ1) is 20.4. The Balaban J connectivity index is 2.28. The highest BCUT2D eigenvalue weighted by molar-refractivity contribution is 5.87. The van der Waals surface area contributed by atoms with Gasteiger partial charge in [-0.15, -0.1) is 0 Å². The van der Waals surface area contributed by atoms with E-state index < -0.39 is 6.04 Å². The summed E-state index contributed by atoms with van der Waals surface area (Å²) in [6, 6.07) is -0.552. The van der Waals surface area contributed by atoms with Gasteiger partial charge in [0, 0.05) is 25.6 Å². The molecule has 1 atom stereocenters. The van der Waals surface area contributed by atoms with Crippen LogP contribution >= 0.6 is 0 Å². The standard InChI is InChI=1S/C17H32N4O3/c1-11(2)9-15(23)21-7-5-13(6-8-21)20-14(22)10-19-17(24)16(18)12(3)4/h11-13,16H,5-10,18H2,1-4H3,(H,19,24)(H,20,22)/t16-/m0/s1. The average molecular weight is 340 g/mol. The molecule has 0 saturated carbocycles. The van der Waals surface area contributed by atoms with Crippen LogP contribution in [-0.4, -0.2) is 54.3 Å². The lowest BCUT2D eigenvalue weighted by Crippen LogP contribution is -2.50. The molecule has 0 aromatic carbocycles. The molecule has 1 rings (SSSR count). The zero-order valence-corrected chi connectivity index (χ0v) is 15.3. The molecule has 4 N–H and O–H groups in total. The highest BCUT2D eigenvalue weighted by atomic mass is 16.2. The second kappa shape index (κ2) is 9.61. The predicted octanol–water partition coefficient (Wildman–Crippen LogP) is 0.239. The van der Waals surface area contributed by atoms with Crippen molar-refractivity contribution in [2.45, 2.75) is 59.0 Å². The van der Waals surface area contributed by atoms with Gasteiger partial charge in [0.25, 0.3) is 0 Å². The van der Waals surface area contributed by atoms with E-state index in [9.17, 15) is 14.4 Å². The van der Waals surface area contributed by atoms with E-state index in [0.717, 1.165) is 12.8 Å². The molecule has 24 heavy (non-hydrogen) atoms. The fraction of sp³-hybridized carbons (Fsp3) is 0.824. The molecule has 1 heterocycles. The van der Waals surface area contributed by atoms with Crippen LogP contribution in [0.25, 0.3) is 0 Å². The predicted molar refractivity (Wildman–Crippen MR) is 93.0 cm³/mol. The number of carbonyl (C=O) groups is 3. The Morgan fingerprint density at radius 1 is 1.12 bits per heavy atom. The molecule has 0 bridgehead atoms. The minimum atomic E-state index is -0.604. The first-order chi connectivity index (χ1) is 11.2. The van der Waals surface area contributed by atoms with Crippen molar-refractivity contribution in [2.24, 2.45) is 17.6 Å². The summed E-state index contributed by atoms with van der Waals surface area (Å²) in [6.07, 6.45) is 2.06. The molecule has 3 amide bonds. The Labute approximate surface area is 144 Å². The molecule has 1 fully saturated rings. The molecule has 1 aliphatic heterocycles. The number of piperidine rings is 1. The summed E-state index contributed by atoms with van der Waals surface area (Å²) >= 11 is 0. The molecule has 1 saturated heterocycles. The maximum absolute atomic E-state index is 12.0. The van der Waals surface area contributed by atoms with Crippen molar-refractivity contribution in [1.82, 2.24) is 15.5 Å². The van der Waals surface area contributed by atoms with Crippen LogP contribution in [0.3, 0.4) is 0 Å². The fourth-order valence-corrected chi connectivity index (χ4v) is 2.62. The number of hydrogen-bond donors (Lipinski definition) is 3. The van der Waals surface area contributed by atoms with Gasteiger partial charge in [-0.05, 0) is 24.7 Å². The highest BCUT2D eigenvalue weighted by Gasteiger charge is 2.24. The monoisotopic (exact) mass is 340 g/mol. The molecule has 138 valence electrons. The molecular weight excluding hydrogens is 308 g/mol. The minimum Gasteiger partial charge on any atom is -0.352 e. The average Bonchev–Trinajstić information content (AvgIpc) is 2.51. The SMILES string of the molecule is CC(C)CC(=O)N1CCC(NC(=O)CNC(=O)[C@@H](N)C(C)C)CC1. The maximum Gasteiger partial charge on any atom is 0.239 e. The van der Waals surface area contributed by atoms with Crippen molar-refractivity contribution in [2.75, 3.05) is 19.6 Å². The molecule has 7 nitrogen and oxygen atoms in total. The van der Waals surface area contributed by atoms with Crippen LogP contribution in [0.2, 0.25) is 0 Å². The third-order valence-electron chi connectivity index (χ3n) is 4.24. The van der Waals surface area contributed by atoms with Crippen molar-refractivity contribution >= 4 is 17.7 Å². The zero-order valence-electron chi connectivity index (χ0n) is 15.3. The van der Waals surface area contributed by atoms with Crippen molar-refractivity contribution in [3.8, 4) is 0 Å². The topological polar surface area (TPSA) is 105 Å². The van der Waals surface area contributed by atoms with E-state index in [-0.39, 0.29) is 36.2 Å². The maximum atomic E-state index is 12.0. The highest BCUT2D eigenvalue weighted by Crippen LogP contribution is 2.13. The largest absolute Gasteiger partial charge is 0.352 e. The number of nitrogens with zero attached hydrogens (tertiary/aromatic N) is 1. The minimum absolute atomic E-state index is 0.0285. The molecule has 1 aliphatic rings. The van der Waals surface area contributed by atoms with Gasteiger partial charge in [-0.25, -0.2) is 0 Å². The molecule has 0 aliphatic carbocycles. The number of rotatable bonds is 7. The molecule has 0 radical (unpaired) electrons. The van der Waals surface area contributed by atoms with Gasteiger partial charge < -0.3 is 21.3 Å². The third-order valence-corrected chi connectivity index (χ3v) is 4.24. The molecule has 0 aromatic heterocycles. The van der Waals surface area contributed by atoms with Crippen LogP contribution < -0.4 is 16.4 Å². The Hall–Kier alpha value is -1.63. The Morgan fingerprint density at radius 3 is 2.21 bits per heavy atom. The summed E-state index contributed by atoms with van der Waals surface area (Å²) < 4.78 is 0. The Kier molecular flexibility index (Phi) is 8.18. The second-order valence-electron chi connectivity index (χ2n) is 7.31. The summed E-state index contributed by atoms with van der Waals surface area (Å²) in [7, 11) is 0. The molecule has 0 unspecified atom stereocenters. The van der Waals surface area contributed by atoms with E-state index in [1.807, 2.05) is 32.6 Å². The van der Waals surface area contributed by atoms with E-state index in [2.05, 4.69) is 10.6 Å². The van der Waals surface area contributed by atoms with Crippen LogP contribution in [0, 0.1) is 11.8 Å².